The molecule has 0 unspecified atom stereocenters. The summed E-state index contributed by atoms with van der Waals surface area (Å²) < 4.78 is 2.17. The normalized spacial score (nSPS) is 12.6. The minimum absolute atomic E-state index is 0.0474. The molecule has 0 aliphatic carbocycles. The first-order chi connectivity index (χ1) is 12.9. The summed E-state index contributed by atoms with van der Waals surface area (Å²) in [6, 6.07) is 5.75. The number of hydrogen-bond donors (Lipinski definition) is 1. The van der Waals surface area contributed by atoms with Gasteiger partial charge >= 0.3 is 0 Å². The van der Waals surface area contributed by atoms with Crippen LogP contribution in [0.2, 0.25) is 5.02 Å². The molecule has 0 fully saturated rings. The fourth-order valence-corrected chi connectivity index (χ4v) is 4.28. The van der Waals surface area contributed by atoms with Gasteiger partial charge in [0.2, 0.25) is 5.13 Å². The van der Waals surface area contributed by atoms with Gasteiger partial charge in [-0.15, -0.1) is 10.2 Å². The Morgan fingerprint density at radius 1 is 1.33 bits per heavy atom. The van der Waals surface area contributed by atoms with Crippen molar-refractivity contribution in [3.8, 4) is 10.6 Å². The van der Waals surface area contributed by atoms with Crippen LogP contribution >= 0.6 is 38.9 Å². The van der Waals surface area contributed by atoms with Crippen molar-refractivity contribution in [3.05, 3.63) is 55.4 Å². The van der Waals surface area contributed by atoms with E-state index in [9.17, 15) is 4.79 Å². The lowest BCUT2D eigenvalue weighted by atomic mass is 10.1. The van der Waals surface area contributed by atoms with E-state index < -0.39 is 0 Å². The molecule has 1 N–H and O–H groups in total. The van der Waals surface area contributed by atoms with Gasteiger partial charge in [-0.25, -0.2) is 0 Å². The molecule has 138 valence electrons. The summed E-state index contributed by atoms with van der Waals surface area (Å²) in [5.41, 5.74) is 3.58. The number of aliphatic imine (C=N–C) groups is 1. The fraction of sp³-hybridized carbons (Fsp3) is 0.222. The van der Waals surface area contributed by atoms with Crippen LogP contribution in [0, 0.1) is 0 Å². The molecule has 4 rings (SSSR count). The van der Waals surface area contributed by atoms with Gasteiger partial charge in [0, 0.05) is 29.6 Å². The van der Waals surface area contributed by atoms with Gasteiger partial charge in [0.15, 0.2) is 5.01 Å². The van der Waals surface area contributed by atoms with Crippen LogP contribution in [0.1, 0.15) is 31.0 Å². The van der Waals surface area contributed by atoms with Gasteiger partial charge in [-0.1, -0.05) is 29.0 Å². The average molecular weight is 465 g/mol. The molecule has 6 nitrogen and oxygen atoms in total. The summed E-state index contributed by atoms with van der Waals surface area (Å²) in [6.45, 7) is 4.59. The second-order valence-corrected chi connectivity index (χ2v) is 8.60. The summed E-state index contributed by atoms with van der Waals surface area (Å²) in [5, 5.41) is 13.7. The number of rotatable bonds is 4. The van der Waals surface area contributed by atoms with Crippen molar-refractivity contribution >= 4 is 55.9 Å². The van der Waals surface area contributed by atoms with Gasteiger partial charge in [0.1, 0.15) is 0 Å². The number of fused-ring (bicyclic) bond motifs is 1. The van der Waals surface area contributed by atoms with Crippen LogP contribution in [0.15, 0.2) is 38.7 Å². The number of benzene rings is 1. The Morgan fingerprint density at radius 2 is 2.15 bits per heavy atom. The first kappa shape index (κ1) is 18.3. The number of nitrogens with one attached hydrogen (secondary N) is 1. The number of pyridine rings is 1. The second-order valence-electron chi connectivity index (χ2n) is 6.39. The predicted octanol–water partition coefficient (Wildman–Crippen LogP) is 5.04. The molecule has 1 aromatic carbocycles. The standard InChI is InChI=1S/C18H15BrClN5OS/c1-9(2)25-8-11(5-13(19)17(25)26)16-23-24-18(27-16)22-14-4-3-10-6-21-7-12(10)15(14)20/h3-5,7-9H,6H2,1-2H3,(H,22,24). The maximum Gasteiger partial charge on any atom is 0.265 e. The van der Waals surface area contributed by atoms with Gasteiger partial charge in [0.25, 0.3) is 5.56 Å². The fourth-order valence-electron chi connectivity index (χ4n) is 2.82. The average Bonchev–Trinajstić information content (AvgIpc) is 3.29. The SMILES string of the molecule is CC(C)n1cc(-c2nnc(Nc3ccc4c(c3Cl)C=NC4)s2)cc(Br)c1=O. The highest BCUT2D eigenvalue weighted by Crippen LogP contribution is 2.35. The molecule has 9 heteroatoms. The Hall–Kier alpha value is -2.03. The van der Waals surface area contributed by atoms with Crippen molar-refractivity contribution in [1.82, 2.24) is 14.8 Å². The molecule has 27 heavy (non-hydrogen) atoms. The third kappa shape index (κ3) is 3.44. The maximum atomic E-state index is 12.2. The number of anilines is 2. The van der Waals surface area contributed by atoms with Crippen LogP contribution in [0.3, 0.4) is 0 Å². The predicted molar refractivity (Wildman–Crippen MR) is 114 cm³/mol. The van der Waals surface area contributed by atoms with Crippen LogP contribution in [0.5, 0.6) is 0 Å². The minimum Gasteiger partial charge on any atom is -0.329 e. The lowest BCUT2D eigenvalue weighted by Crippen LogP contribution is -2.21. The van der Waals surface area contributed by atoms with Crippen molar-refractivity contribution in [1.29, 1.82) is 0 Å². The number of hydrogen-bond acceptors (Lipinski definition) is 6. The molecule has 0 saturated heterocycles. The summed E-state index contributed by atoms with van der Waals surface area (Å²) in [6.07, 6.45) is 3.60. The zero-order valence-electron chi connectivity index (χ0n) is 14.5. The molecule has 3 heterocycles. The molecule has 1 aliphatic rings. The van der Waals surface area contributed by atoms with Crippen molar-refractivity contribution in [2.45, 2.75) is 26.4 Å². The molecule has 0 bridgehead atoms. The molecule has 0 spiro atoms. The number of aromatic nitrogens is 3. The van der Waals surface area contributed by atoms with E-state index in [1.165, 1.54) is 11.3 Å². The van der Waals surface area contributed by atoms with E-state index in [0.717, 1.165) is 22.4 Å². The zero-order chi connectivity index (χ0) is 19.1. The minimum atomic E-state index is -0.0665. The van der Waals surface area contributed by atoms with Gasteiger partial charge in [-0.3, -0.25) is 9.79 Å². The quantitative estimate of drug-likeness (QED) is 0.587. The highest BCUT2D eigenvalue weighted by molar-refractivity contribution is 9.10. The Labute approximate surface area is 173 Å². The van der Waals surface area contributed by atoms with Crippen LogP contribution in [-0.4, -0.2) is 21.0 Å². The highest BCUT2D eigenvalue weighted by Gasteiger charge is 2.16. The van der Waals surface area contributed by atoms with Crippen LogP contribution < -0.4 is 10.9 Å². The Morgan fingerprint density at radius 3 is 2.93 bits per heavy atom. The monoisotopic (exact) mass is 463 g/mol. The van der Waals surface area contributed by atoms with E-state index in [0.29, 0.717) is 26.2 Å². The van der Waals surface area contributed by atoms with E-state index in [1.54, 1.807) is 23.0 Å². The lowest BCUT2D eigenvalue weighted by molar-refractivity contribution is 0.577. The maximum absolute atomic E-state index is 12.2. The Kier molecular flexibility index (Phi) is 4.88. The zero-order valence-corrected chi connectivity index (χ0v) is 17.7. The molecular formula is C18H15BrClN5OS. The van der Waals surface area contributed by atoms with E-state index in [2.05, 4.69) is 36.4 Å². The van der Waals surface area contributed by atoms with Crippen molar-refractivity contribution in [2.24, 2.45) is 4.99 Å². The van der Waals surface area contributed by atoms with E-state index in [1.807, 2.05) is 26.0 Å². The third-order valence-corrected chi connectivity index (χ3v) is 6.08. The Balaban J connectivity index is 1.65. The van der Waals surface area contributed by atoms with Crippen LogP contribution in [-0.2, 0) is 6.54 Å². The molecule has 1 aliphatic heterocycles. The number of nitrogens with zero attached hydrogens (tertiary/aromatic N) is 4. The van der Waals surface area contributed by atoms with Crippen LogP contribution in [0.25, 0.3) is 10.6 Å². The van der Waals surface area contributed by atoms with Gasteiger partial charge < -0.3 is 9.88 Å². The molecule has 3 aromatic rings. The van der Waals surface area contributed by atoms with Gasteiger partial charge in [-0.2, -0.15) is 0 Å². The van der Waals surface area contributed by atoms with Gasteiger partial charge in [0.05, 0.1) is 21.7 Å². The first-order valence-electron chi connectivity index (χ1n) is 8.28. The van der Waals surface area contributed by atoms with Crippen molar-refractivity contribution < 1.29 is 0 Å². The summed E-state index contributed by atoms with van der Waals surface area (Å²) in [7, 11) is 0. The van der Waals surface area contributed by atoms with E-state index in [-0.39, 0.29) is 11.6 Å². The van der Waals surface area contributed by atoms with E-state index in [4.69, 9.17) is 11.6 Å². The molecule has 0 radical (unpaired) electrons. The molecule has 0 saturated carbocycles. The third-order valence-electron chi connectivity index (χ3n) is 4.22. The summed E-state index contributed by atoms with van der Waals surface area (Å²) >= 11 is 11.2. The molecular weight excluding hydrogens is 450 g/mol. The smallest absolute Gasteiger partial charge is 0.265 e. The summed E-state index contributed by atoms with van der Waals surface area (Å²) in [5.74, 6) is 0. The second kappa shape index (κ2) is 7.18. The van der Waals surface area contributed by atoms with Crippen molar-refractivity contribution in [3.63, 3.8) is 0 Å². The largest absolute Gasteiger partial charge is 0.329 e. The topological polar surface area (TPSA) is 72.2 Å². The lowest BCUT2D eigenvalue weighted by Gasteiger charge is -2.11. The van der Waals surface area contributed by atoms with Crippen LogP contribution in [0.4, 0.5) is 10.8 Å². The molecule has 0 atom stereocenters. The van der Waals surface area contributed by atoms with Crippen molar-refractivity contribution in [2.75, 3.05) is 5.32 Å². The van der Waals surface area contributed by atoms with Gasteiger partial charge in [-0.05, 0) is 47.5 Å². The summed E-state index contributed by atoms with van der Waals surface area (Å²) in [4.78, 5) is 16.5. The first-order valence-corrected chi connectivity index (χ1v) is 10.3. The highest BCUT2D eigenvalue weighted by atomic mass is 79.9. The van der Waals surface area contributed by atoms with E-state index >= 15 is 0 Å². The Bertz CT molecular complexity index is 1120. The molecule has 2 aromatic heterocycles. The molecule has 0 amide bonds. The number of halogens is 2.